The zero-order valence-corrected chi connectivity index (χ0v) is 17.5. The molecule has 2 atom stereocenters. The van der Waals surface area contributed by atoms with Crippen molar-refractivity contribution in [3.8, 4) is 11.1 Å². The molecule has 2 aliphatic heterocycles. The number of nitrogens with zero attached hydrogens (tertiary/aromatic N) is 3. The van der Waals surface area contributed by atoms with Crippen molar-refractivity contribution >= 4 is 11.8 Å². The first-order chi connectivity index (χ1) is 14.5. The van der Waals surface area contributed by atoms with Gasteiger partial charge in [-0.1, -0.05) is 30.3 Å². The van der Waals surface area contributed by atoms with Gasteiger partial charge >= 0.3 is 0 Å². The number of likely N-dealkylation sites (tertiary alicyclic amines) is 2. The van der Waals surface area contributed by atoms with E-state index in [2.05, 4.69) is 11.0 Å². The van der Waals surface area contributed by atoms with Crippen molar-refractivity contribution in [3.05, 3.63) is 59.7 Å². The fraction of sp³-hybridized carbons (Fsp3) is 0.417. The van der Waals surface area contributed by atoms with Crippen LogP contribution >= 0.6 is 0 Å². The molecule has 1 radical (unpaired) electrons. The Labute approximate surface area is 177 Å². The molecule has 0 spiro atoms. The first-order valence-corrected chi connectivity index (χ1v) is 10.5. The summed E-state index contributed by atoms with van der Waals surface area (Å²) in [6, 6.07) is 16.3. The van der Waals surface area contributed by atoms with Crippen molar-refractivity contribution < 1.29 is 14.7 Å². The molecule has 1 N–H and O–H groups in total. The maximum atomic E-state index is 13.4. The number of benzene rings is 2. The number of β-amino-alcohol motifs (C(OH)–C–C–N with tert-alkyl or cyclic N) is 1. The fourth-order valence-electron chi connectivity index (χ4n) is 4.34. The van der Waals surface area contributed by atoms with Crippen LogP contribution in [-0.4, -0.2) is 84.0 Å². The topological polar surface area (TPSA) is 64.1 Å². The molecule has 0 saturated carbocycles. The summed E-state index contributed by atoms with van der Waals surface area (Å²) in [4.78, 5) is 32.2. The standard InChI is InChI=1S/C24H28N3O3/c1-25(2)17-11-13-26(15-17)23(29)21-9-5-3-7-19(21)20-8-4-6-10-22(20)24(30)27-14-12-18(28)16-27/h3-7,9-10,17-18,28H,11-16H2,1-2H3. The number of aliphatic hydroxyl groups is 1. The van der Waals surface area contributed by atoms with E-state index in [9.17, 15) is 14.7 Å². The number of aliphatic hydroxyl groups excluding tert-OH is 1. The zero-order chi connectivity index (χ0) is 21.3. The molecule has 2 aromatic carbocycles. The molecule has 0 aliphatic carbocycles. The molecule has 30 heavy (non-hydrogen) atoms. The van der Waals surface area contributed by atoms with E-state index >= 15 is 0 Å². The van der Waals surface area contributed by atoms with E-state index in [1.165, 1.54) is 0 Å². The summed E-state index contributed by atoms with van der Waals surface area (Å²) in [5.41, 5.74) is 2.46. The number of hydrogen-bond acceptors (Lipinski definition) is 4. The Balaban J connectivity index is 1.66. The lowest BCUT2D eigenvalue weighted by atomic mass is 9.94. The summed E-state index contributed by atoms with van der Waals surface area (Å²) < 4.78 is 0. The molecule has 2 heterocycles. The second-order valence-electron chi connectivity index (χ2n) is 8.36. The smallest absolute Gasteiger partial charge is 0.254 e. The van der Waals surface area contributed by atoms with Gasteiger partial charge in [-0.2, -0.15) is 0 Å². The van der Waals surface area contributed by atoms with Crippen LogP contribution in [0, 0.1) is 6.07 Å². The summed E-state index contributed by atoms with van der Waals surface area (Å²) in [5, 5.41) is 9.82. The molecular formula is C24H28N3O3. The third kappa shape index (κ3) is 3.98. The molecule has 4 rings (SSSR count). The maximum absolute atomic E-state index is 13.4. The molecule has 2 unspecified atom stereocenters. The quantitative estimate of drug-likeness (QED) is 0.845. The van der Waals surface area contributed by atoms with Crippen molar-refractivity contribution in [2.24, 2.45) is 0 Å². The molecule has 0 bridgehead atoms. The molecular weight excluding hydrogens is 378 g/mol. The van der Waals surface area contributed by atoms with Crippen LogP contribution in [0.4, 0.5) is 0 Å². The zero-order valence-electron chi connectivity index (χ0n) is 17.5. The minimum absolute atomic E-state index is 0.0119. The van der Waals surface area contributed by atoms with Crippen molar-refractivity contribution in [2.75, 3.05) is 40.3 Å². The van der Waals surface area contributed by atoms with E-state index in [0.29, 0.717) is 48.8 Å². The number of amides is 2. The van der Waals surface area contributed by atoms with Crippen LogP contribution in [0.2, 0.25) is 0 Å². The van der Waals surface area contributed by atoms with Crippen molar-refractivity contribution in [1.82, 2.24) is 14.7 Å². The van der Waals surface area contributed by atoms with Gasteiger partial charge in [-0.3, -0.25) is 9.59 Å². The van der Waals surface area contributed by atoms with Gasteiger partial charge in [0.1, 0.15) is 0 Å². The van der Waals surface area contributed by atoms with Crippen molar-refractivity contribution in [2.45, 2.75) is 25.0 Å². The van der Waals surface area contributed by atoms with Gasteiger partial charge in [0, 0.05) is 48.9 Å². The Morgan fingerprint density at radius 3 is 2.33 bits per heavy atom. The van der Waals surface area contributed by atoms with E-state index in [-0.39, 0.29) is 11.8 Å². The van der Waals surface area contributed by atoms with Gasteiger partial charge in [0.15, 0.2) is 0 Å². The summed E-state index contributed by atoms with van der Waals surface area (Å²) in [5.74, 6) is -0.142. The molecule has 6 nitrogen and oxygen atoms in total. The number of likely N-dealkylation sites (N-methyl/N-ethyl adjacent to an activating group) is 1. The highest BCUT2D eigenvalue weighted by Gasteiger charge is 2.31. The SMILES string of the molecule is CN(C)C1CCN(C(=O)c2ccccc2-c2[c]cccc2C(=O)N2CCC(O)C2)C1. The molecule has 2 aliphatic rings. The average Bonchev–Trinajstić information content (AvgIpc) is 3.42. The van der Waals surface area contributed by atoms with Gasteiger partial charge in [-0.15, -0.1) is 0 Å². The van der Waals surface area contributed by atoms with Crippen LogP contribution in [0.5, 0.6) is 0 Å². The predicted molar refractivity (Wildman–Crippen MR) is 115 cm³/mol. The van der Waals surface area contributed by atoms with Gasteiger partial charge < -0.3 is 19.8 Å². The summed E-state index contributed by atoms with van der Waals surface area (Å²) in [7, 11) is 4.08. The minimum Gasteiger partial charge on any atom is -0.391 e. The number of carbonyl (C=O) groups is 2. The lowest BCUT2D eigenvalue weighted by Gasteiger charge is -2.22. The Kier molecular flexibility index (Phi) is 5.88. The van der Waals surface area contributed by atoms with Gasteiger partial charge in [0.05, 0.1) is 6.10 Å². The Morgan fingerprint density at radius 1 is 0.967 bits per heavy atom. The average molecular weight is 407 g/mol. The monoisotopic (exact) mass is 406 g/mol. The normalized spacial score (nSPS) is 21.5. The minimum atomic E-state index is -0.473. The van der Waals surface area contributed by atoms with Crippen LogP contribution in [-0.2, 0) is 0 Å². The number of hydrogen-bond donors (Lipinski definition) is 1. The first kappa shape index (κ1) is 20.6. The number of carbonyl (C=O) groups excluding carboxylic acids is 2. The van der Waals surface area contributed by atoms with Crippen molar-refractivity contribution in [1.29, 1.82) is 0 Å². The molecule has 6 heteroatoms. The second-order valence-corrected chi connectivity index (χ2v) is 8.36. The fourth-order valence-corrected chi connectivity index (χ4v) is 4.34. The van der Waals surface area contributed by atoms with Crippen molar-refractivity contribution in [3.63, 3.8) is 0 Å². The largest absolute Gasteiger partial charge is 0.391 e. The van der Waals surface area contributed by atoms with Gasteiger partial charge in [0.2, 0.25) is 0 Å². The highest BCUT2D eigenvalue weighted by atomic mass is 16.3. The van der Waals surface area contributed by atoms with E-state index in [1.807, 2.05) is 43.3 Å². The molecule has 0 aromatic heterocycles. The van der Waals surface area contributed by atoms with Gasteiger partial charge in [0.25, 0.3) is 11.8 Å². The van der Waals surface area contributed by atoms with Gasteiger partial charge in [-0.05, 0) is 50.7 Å². The maximum Gasteiger partial charge on any atom is 0.254 e. The summed E-state index contributed by atoms with van der Waals surface area (Å²) in [6.07, 6.45) is 1.08. The molecule has 2 aromatic rings. The molecule has 157 valence electrons. The summed E-state index contributed by atoms with van der Waals surface area (Å²) in [6.45, 7) is 2.31. The van der Waals surface area contributed by atoms with Crippen LogP contribution < -0.4 is 0 Å². The van der Waals surface area contributed by atoms with E-state index in [0.717, 1.165) is 18.5 Å². The first-order valence-electron chi connectivity index (χ1n) is 10.5. The van der Waals surface area contributed by atoms with Crippen LogP contribution in [0.3, 0.4) is 0 Å². The van der Waals surface area contributed by atoms with Gasteiger partial charge in [-0.25, -0.2) is 0 Å². The third-order valence-electron chi connectivity index (χ3n) is 6.14. The Hall–Kier alpha value is -2.70. The summed E-state index contributed by atoms with van der Waals surface area (Å²) >= 11 is 0. The lowest BCUT2D eigenvalue weighted by Crippen LogP contribution is -2.34. The van der Waals surface area contributed by atoms with Crippen LogP contribution in [0.25, 0.3) is 11.1 Å². The highest BCUT2D eigenvalue weighted by molar-refractivity contribution is 6.06. The number of rotatable bonds is 4. The third-order valence-corrected chi connectivity index (χ3v) is 6.14. The van der Waals surface area contributed by atoms with E-state index < -0.39 is 6.10 Å². The molecule has 2 saturated heterocycles. The highest BCUT2D eigenvalue weighted by Crippen LogP contribution is 2.30. The molecule has 2 amide bonds. The predicted octanol–water partition coefficient (Wildman–Crippen LogP) is 2.14. The lowest BCUT2D eigenvalue weighted by molar-refractivity contribution is 0.0762. The Bertz CT molecular complexity index is 943. The van der Waals surface area contributed by atoms with Crippen LogP contribution in [0.15, 0.2) is 42.5 Å². The molecule has 2 fully saturated rings. The van der Waals surface area contributed by atoms with E-state index in [4.69, 9.17) is 0 Å². The second kappa shape index (κ2) is 8.58. The Morgan fingerprint density at radius 2 is 1.63 bits per heavy atom. The van der Waals surface area contributed by atoms with Crippen LogP contribution in [0.1, 0.15) is 33.6 Å². The van der Waals surface area contributed by atoms with E-state index in [1.54, 1.807) is 23.1 Å².